The van der Waals surface area contributed by atoms with Crippen LogP contribution in [-0.2, 0) is 4.74 Å². The summed E-state index contributed by atoms with van der Waals surface area (Å²) in [7, 11) is 3.23. The highest BCUT2D eigenvalue weighted by Crippen LogP contribution is 2.59. The number of allylic oxidation sites excluding steroid dienone is 1. The highest BCUT2D eigenvalue weighted by atomic mass is 16.5. The fourth-order valence-electron chi connectivity index (χ4n) is 5.55. The monoisotopic (exact) mass is 442 g/mol. The van der Waals surface area contributed by atoms with Crippen molar-refractivity contribution in [1.82, 2.24) is 9.80 Å². The summed E-state index contributed by atoms with van der Waals surface area (Å²) in [6, 6.07) is 5.44. The van der Waals surface area contributed by atoms with Crippen molar-refractivity contribution in [3.8, 4) is 11.5 Å². The van der Waals surface area contributed by atoms with Gasteiger partial charge in [0.25, 0.3) is 5.91 Å². The van der Waals surface area contributed by atoms with Gasteiger partial charge in [0.15, 0.2) is 0 Å². The van der Waals surface area contributed by atoms with Crippen LogP contribution < -0.4 is 9.47 Å². The van der Waals surface area contributed by atoms with Crippen LogP contribution in [0.4, 0.5) is 0 Å². The van der Waals surface area contributed by atoms with Crippen molar-refractivity contribution >= 4 is 5.91 Å². The molecule has 6 heteroatoms. The van der Waals surface area contributed by atoms with Crippen LogP contribution in [0.5, 0.6) is 11.5 Å². The number of methoxy groups -OCH3 is 2. The summed E-state index contributed by atoms with van der Waals surface area (Å²) in [5.74, 6) is 2.71. The van der Waals surface area contributed by atoms with E-state index in [9.17, 15) is 4.79 Å². The van der Waals surface area contributed by atoms with Gasteiger partial charge in [0.05, 0.1) is 27.4 Å². The Hall–Kier alpha value is -2.05. The van der Waals surface area contributed by atoms with Crippen LogP contribution >= 0.6 is 0 Å². The molecule has 1 amide bonds. The first-order valence-electron chi connectivity index (χ1n) is 11.9. The summed E-state index contributed by atoms with van der Waals surface area (Å²) in [6.07, 6.45) is 5.76. The zero-order chi connectivity index (χ0) is 22.7. The predicted octanol–water partition coefficient (Wildman–Crippen LogP) is 3.86. The van der Waals surface area contributed by atoms with Gasteiger partial charge in [-0.1, -0.05) is 25.5 Å². The number of carbonyl (C=O) groups is 1. The van der Waals surface area contributed by atoms with Gasteiger partial charge in [-0.05, 0) is 48.6 Å². The molecule has 5 rings (SSSR count). The summed E-state index contributed by atoms with van der Waals surface area (Å²) in [6.45, 7) is 10.8. The van der Waals surface area contributed by atoms with Crippen LogP contribution in [0.25, 0.3) is 0 Å². The number of morpholine rings is 1. The number of hydrogen-bond donors (Lipinski definition) is 0. The SMILES string of the molecule is COc1cc(OC)cc(C(=O)N(CCCN2CCOCC2)CC2=CCC3CC2C3(C)C)c1. The lowest BCUT2D eigenvalue weighted by Crippen LogP contribution is -2.50. The number of carbonyl (C=O) groups excluding carboxylic acids is 1. The molecule has 0 aromatic heterocycles. The molecule has 32 heavy (non-hydrogen) atoms. The van der Waals surface area contributed by atoms with Gasteiger partial charge in [-0.3, -0.25) is 9.69 Å². The van der Waals surface area contributed by atoms with Crippen molar-refractivity contribution in [2.45, 2.75) is 33.1 Å². The molecule has 3 aliphatic carbocycles. The van der Waals surface area contributed by atoms with Crippen LogP contribution in [0, 0.1) is 17.3 Å². The van der Waals surface area contributed by atoms with E-state index in [1.807, 2.05) is 17.0 Å². The van der Waals surface area contributed by atoms with Gasteiger partial charge in [0.1, 0.15) is 11.5 Å². The first-order valence-corrected chi connectivity index (χ1v) is 11.9. The summed E-state index contributed by atoms with van der Waals surface area (Å²) in [5, 5.41) is 0. The fraction of sp³-hybridized carbons (Fsp3) is 0.654. The highest BCUT2D eigenvalue weighted by molar-refractivity contribution is 5.95. The lowest BCUT2D eigenvalue weighted by atomic mass is 9.49. The molecule has 1 heterocycles. The zero-order valence-electron chi connectivity index (χ0n) is 20.1. The second kappa shape index (κ2) is 9.84. The van der Waals surface area contributed by atoms with Gasteiger partial charge >= 0.3 is 0 Å². The average Bonchev–Trinajstić information content (AvgIpc) is 2.83. The number of fused-ring (bicyclic) bond motifs is 1. The van der Waals surface area contributed by atoms with Crippen LogP contribution in [-0.4, -0.2) is 75.9 Å². The Kier molecular flexibility index (Phi) is 7.11. The molecule has 176 valence electrons. The summed E-state index contributed by atoms with van der Waals surface area (Å²) in [4.78, 5) is 18.1. The second-order valence-corrected chi connectivity index (χ2v) is 9.96. The zero-order valence-corrected chi connectivity index (χ0v) is 20.1. The van der Waals surface area contributed by atoms with Gasteiger partial charge in [-0.25, -0.2) is 0 Å². The van der Waals surface area contributed by atoms with Gasteiger partial charge in [-0.15, -0.1) is 0 Å². The minimum absolute atomic E-state index is 0.0457. The van der Waals surface area contributed by atoms with E-state index in [1.54, 1.807) is 20.3 Å². The normalized spacial score (nSPS) is 24.3. The minimum atomic E-state index is 0.0457. The molecule has 2 atom stereocenters. The first kappa shape index (κ1) is 23.1. The van der Waals surface area contributed by atoms with E-state index in [-0.39, 0.29) is 5.91 Å². The third kappa shape index (κ3) is 4.81. The Morgan fingerprint density at radius 3 is 2.44 bits per heavy atom. The van der Waals surface area contributed by atoms with Crippen molar-refractivity contribution in [1.29, 1.82) is 0 Å². The molecule has 0 radical (unpaired) electrons. The van der Waals surface area contributed by atoms with E-state index in [0.717, 1.165) is 58.2 Å². The van der Waals surface area contributed by atoms with E-state index in [1.165, 1.54) is 12.0 Å². The van der Waals surface area contributed by atoms with Gasteiger partial charge in [0.2, 0.25) is 0 Å². The molecule has 2 bridgehead atoms. The Morgan fingerprint density at radius 1 is 1.16 bits per heavy atom. The Balaban J connectivity index is 1.50. The molecule has 1 aromatic rings. The van der Waals surface area contributed by atoms with Crippen molar-refractivity contribution in [3.05, 3.63) is 35.4 Å². The standard InChI is InChI=1S/C26H38N2O4/c1-26(2)21-7-6-19(24(26)16-21)18-28(9-5-8-27-10-12-32-13-11-27)25(29)20-14-22(30-3)17-23(15-20)31-4/h6,14-15,17,21,24H,5,7-13,16,18H2,1-4H3. The van der Waals surface area contributed by atoms with E-state index < -0.39 is 0 Å². The smallest absolute Gasteiger partial charge is 0.254 e. The van der Waals surface area contributed by atoms with Crippen LogP contribution in [0.15, 0.2) is 29.8 Å². The van der Waals surface area contributed by atoms with Crippen LogP contribution in [0.3, 0.4) is 0 Å². The second-order valence-electron chi connectivity index (χ2n) is 9.96. The topological polar surface area (TPSA) is 51.2 Å². The van der Waals surface area contributed by atoms with E-state index in [0.29, 0.717) is 34.9 Å². The van der Waals surface area contributed by atoms with Crippen molar-refractivity contribution in [2.75, 3.05) is 60.2 Å². The highest BCUT2D eigenvalue weighted by Gasteiger charge is 2.51. The Bertz CT molecular complexity index is 822. The van der Waals surface area contributed by atoms with E-state index in [2.05, 4.69) is 24.8 Å². The third-order valence-electron chi connectivity index (χ3n) is 7.85. The summed E-state index contributed by atoms with van der Waals surface area (Å²) < 4.78 is 16.3. The summed E-state index contributed by atoms with van der Waals surface area (Å²) in [5.41, 5.74) is 2.41. The fourth-order valence-corrected chi connectivity index (χ4v) is 5.55. The molecule has 1 aromatic carbocycles. The molecular weight excluding hydrogens is 404 g/mol. The number of nitrogens with zero attached hydrogens (tertiary/aromatic N) is 2. The quantitative estimate of drug-likeness (QED) is 0.544. The lowest BCUT2D eigenvalue weighted by Gasteiger charge is -2.57. The maximum Gasteiger partial charge on any atom is 0.254 e. The number of benzene rings is 1. The Labute approximate surface area is 192 Å². The minimum Gasteiger partial charge on any atom is -0.497 e. The average molecular weight is 443 g/mol. The van der Waals surface area contributed by atoms with Gasteiger partial charge < -0.3 is 19.1 Å². The molecule has 1 saturated carbocycles. The van der Waals surface area contributed by atoms with Crippen molar-refractivity contribution in [3.63, 3.8) is 0 Å². The largest absolute Gasteiger partial charge is 0.497 e. The van der Waals surface area contributed by atoms with Crippen molar-refractivity contribution in [2.24, 2.45) is 17.3 Å². The molecule has 0 spiro atoms. The number of rotatable bonds is 9. The molecule has 6 nitrogen and oxygen atoms in total. The van der Waals surface area contributed by atoms with Gasteiger partial charge in [-0.2, -0.15) is 0 Å². The molecular formula is C26H38N2O4. The van der Waals surface area contributed by atoms with E-state index >= 15 is 0 Å². The molecule has 1 saturated heterocycles. The van der Waals surface area contributed by atoms with Gasteiger partial charge in [0, 0.05) is 44.4 Å². The maximum atomic E-state index is 13.7. The van der Waals surface area contributed by atoms with Crippen LogP contribution in [0.2, 0.25) is 0 Å². The van der Waals surface area contributed by atoms with Crippen molar-refractivity contribution < 1.29 is 19.0 Å². The molecule has 2 unspecified atom stereocenters. The third-order valence-corrected chi connectivity index (χ3v) is 7.85. The number of ether oxygens (including phenoxy) is 3. The lowest BCUT2D eigenvalue weighted by molar-refractivity contribution is -0.0104. The summed E-state index contributed by atoms with van der Waals surface area (Å²) >= 11 is 0. The molecule has 1 aliphatic heterocycles. The predicted molar refractivity (Wildman–Crippen MR) is 125 cm³/mol. The molecule has 0 N–H and O–H groups in total. The van der Waals surface area contributed by atoms with Crippen LogP contribution in [0.1, 0.15) is 43.5 Å². The molecule has 2 fully saturated rings. The number of hydrogen-bond acceptors (Lipinski definition) is 5. The Morgan fingerprint density at radius 2 is 1.84 bits per heavy atom. The first-order chi connectivity index (χ1) is 15.4. The van der Waals surface area contributed by atoms with E-state index in [4.69, 9.17) is 14.2 Å². The maximum absolute atomic E-state index is 13.7. The number of amides is 1. The molecule has 4 aliphatic rings.